The molecule has 1 aliphatic rings. The summed E-state index contributed by atoms with van der Waals surface area (Å²) in [5.41, 5.74) is 4.79. The van der Waals surface area contributed by atoms with Crippen LogP contribution in [0.1, 0.15) is 47.3 Å². The van der Waals surface area contributed by atoms with E-state index in [4.69, 9.17) is 11.6 Å². The molecule has 1 aliphatic heterocycles. The van der Waals surface area contributed by atoms with Crippen molar-refractivity contribution in [2.45, 2.75) is 39.5 Å². The van der Waals surface area contributed by atoms with Crippen LogP contribution < -0.4 is 9.62 Å². The van der Waals surface area contributed by atoms with Crippen molar-refractivity contribution in [3.05, 3.63) is 57.6 Å². The van der Waals surface area contributed by atoms with Crippen LogP contribution in [0.3, 0.4) is 0 Å². The summed E-state index contributed by atoms with van der Waals surface area (Å²) in [6.45, 7) is 4.52. The number of carbonyl (C=O) groups is 1. The van der Waals surface area contributed by atoms with Gasteiger partial charge in [-0.1, -0.05) is 31.5 Å². The number of hydrogen-bond acceptors (Lipinski definition) is 3. The van der Waals surface area contributed by atoms with Crippen LogP contribution >= 0.6 is 11.6 Å². The summed E-state index contributed by atoms with van der Waals surface area (Å²) in [6.07, 6.45) is 4.20. The van der Waals surface area contributed by atoms with Gasteiger partial charge in [0.1, 0.15) is 0 Å². The second kappa shape index (κ2) is 8.13. The Kier molecular flexibility index (Phi) is 6.01. The molecule has 1 N–H and O–H groups in total. The number of aryl methyl sites for hydroxylation is 2. The molecular formula is C21H25ClN2O3S. The predicted octanol–water partition coefficient (Wildman–Crippen LogP) is 4.43. The average molecular weight is 421 g/mol. The fourth-order valence-corrected chi connectivity index (χ4v) is 4.99. The Bertz CT molecular complexity index is 1020. The Balaban J connectivity index is 1.94. The molecule has 0 saturated heterocycles. The van der Waals surface area contributed by atoms with Crippen LogP contribution in [0.2, 0.25) is 5.02 Å². The van der Waals surface area contributed by atoms with Crippen LogP contribution in [0.5, 0.6) is 0 Å². The smallest absolute Gasteiger partial charge is 0.255 e. The van der Waals surface area contributed by atoms with Gasteiger partial charge in [-0.15, -0.1) is 0 Å². The maximum Gasteiger partial charge on any atom is 0.255 e. The zero-order valence-corrected chi connectivity index (χ0v) is 18.0. The number of halogens is 1. The number of nitrogens with zero attached hydrogens (tertiary/aromatic N) is 1. The van der Waals surface area contributed by atoms with Crippen LogP contribution in [-0.2, 0) is 29.3 Å². The maximum atomic E-state index is 12.9. The summed E-state index contributed by atoms with van der Waals surface area (Å²) in [5.74, 6) is -0.217. The molecule has 3 rings (SSSR count). The quantitative estimate of drug-likeness (QED) is 0.778. The van der Waals surface area contributed by atoms with E-state index >= 15 is 0 Å². The lowest BCUT2D eigenvalue weighted by molar-refractivity contribution is 0.102. The van der Waals surface area contributed by atoms with E-state index in [0.29, 0.717) is 22.8 Å². The van der Waals surface area contributed by atoms with Crippen LogP contribution in [0.25, 0.3) is 0 Å². The van der Waals surface area contributed by atoms with E-state index < -0.39 is 10.0 Å². The molecule has 0 aliphatic carbocycles. The van der Waals surface area contributed by atoms with Crippen molar-refractivity contribution >= 4 is 38.9 Å². The molecule has 0 spiro atoms. The molecule has 0 bridgehead atoms. The summed E-state index contributed by atoms with van der Waals surface area (Å²) in [6, 6.07) is 9.01. The van der Waals surface area contributed by atoms with Gasteiger partial charge in [0.05, 0.1) is 11.9 Å². The number of amides is 1. The zero-order chi connectivity index (χ0) is 20.5. The number of nitrogens with one attached hydrogen (secondary N) is 1. The zero-order valence-electron chi connectivity index (χ0n) is 16.4. The minimum atomic E-state index is -3.33. The van der Waals surface area contributed by atoms with E-state index in [9.17, 15) is 13.2 Å². The lowest BCUT2D eigenvalue weighted by atomic mass is 9.99. The molecule has 2 aromatic carbocycles. The summed E-state index contributed by atoms with van der Waals surface area (Å²) < 4.78 is 25.4. The molecule has 2 aromatic rings. The van der Waals surface area contributed by atoms with Gasteiger partial charge >= 0.3 is 0 Å². The van der Waals surface area contributed by atoms with E-state index in [1.807, 2.05) is 26.0 Å². The summed E-state index contributed by atoms with van der Waals surface area (Å²) >= 11 is 6.33. The number of fused-ring (bicyclic) bond motifs is 1. The third kappa shape index (κ3) is 4.03. The molecule has 0 unspecified atom stereocenters. The molecule has 7 heteroatoms. The Morgan fingerprint density at radius 1 is 1.18 bits per heavy atom. The van der Waals surface area contributed by atoms with Gasteiger partial charge in [0.15, 0.2) is 0 Å². The highest BCUT2D eigenvalue weighted by Crippen LogP contribution is 2.32. The van der Waals surface area contributed by atoms with Gasteiger partial charge in [0.25, 0.3) is 5.91 Å². The second-order valence-corrected chi connectivity index (χ2v) is 9.32. The molecule has 1 amide bonds. The van der Waals surface area contributed by atoms with Crippen LogP contribution in [0.4, 0.5) is 11.4 Å². The lowest BCUT2D eigenvalue weighted by Crippen LogP contribution is -2.34. The van der Waals surface area contributed by atoms with Crippen LogP contribution in [0, 0.1) is 0 Å². The van der Waals surface area contributed by atoms with Crippen molar-refractivity contribution in [1.82, 2.24) is 0 Å². The number of benzene rings is 2. The second-order valence-electron chi connectivity index (χ2n) is 7.00. The lowest BCUT2D eigenvalue weighted by Gasteiger charge is -2.29. The number of carbonyl (C=O) groups excluding carboxylic acids is 1. The highest BCUT2D eigenvalue weighted by atomic mass is 35.5. The monoisotopic (exact) mass is 420 g/mol. The van der Waals surface area contributed by atoms with Gasteiger partial charge in [-0.05, 0) is 66.6 Å². The predicted molar refractivity (Wildman–Crippen MR) is 115 cm³/mol. The minimum absolute atomic E-state index is 0.217. The van der Waals surface area contributed by atoms with Crippen molar-refractivity contribution < 1.29 is 13.2 Å². The minimum Gasteiger partial charge on any atom is -0.321 e. The van der Waals surface area contributed by atoms with Gasteiger partial charge < -0.3 is 5.32 Å². The fourth-order valence-electron chi connectivity index (χ4n) is 3.70. The van der Waals surface area contributed by atoms with E-state index in [0.717, 1.165) is 48.1 Å². The third-order valence-electron chi connectivity index (χ3n) is 5.13. The standard InChI is InChI=1S/C21H25ClN2O3S/c1-4-14-8-10-18(22)17(5-2)20(14)23-21(25)16-9-11-19-15(13-16)7-6-12-24(19)28(3,26)27/h8-11,13H,4-7,12H2,1-3H3,(H,23,25). The van der Waals surface area contributed by atoms with Crippen molar-refractivity contribution in [2.75, 3.05) is 22.4 Å². The Labute approximate surface area is 171 Å². The Hall–Kier alpha value is -2.05. The molecule has 0 atom stereocenters. The summed E-state index contributed by atoms with van der Waals surface area (Å²) in [7, 11) is -3.33. The highest BCUT2D eigenvalue weighted by Gasteiger charge is 2.25. The van der Waals surface area contributed by atoms with E-state index in [1.54, 1.807) is 18.2 Å². The van der Waals surface area contributed by atoms with Crippen molar-refractivity contribution in [3.8, 4) is 0 Å². The van der Waals surface area contributed by atoms with Crippen molar-refractivity contribution in [2.24, 2.45) is 0 Å². The number of rotatable bonds is 5. The molecular weight excluding hydrogens is 396 g/mol. The fraction of sp³-hybridized carbons (Fsp3) is 0.381. The molecule has 0 fully saturated rings. The first-order chi connectivity index (χ1) is 13.3. The molecule has 0 aromatic heterocycles. The first kappa shape index (κ1) is 20.7. The van der Waals surface area contributed by atoms with Crippen molar-refractivity contribution in [1.29, 1.82) is 0 Å². The van der Waals surface area contributed by atoms with Gasteiger partial charge in [0.2, 0.25) is 10.0 Å². The topological polar surface area (TPSA) is 66.5 Å². The first-order valence-electron chi connectivity index (χ1n) is 9.48. The van der Waals surface area contributed by atoms with Gasteiger partial charge in [-0.3, -0.25) is 9.10 Å². The first-order valence-corrected chi connectivity index (χ1v) is 11.7. The van der Waals surface area contributed by atoms with Crippen molar-refractivity contribution in [3.63, 3.8) is 0 Å². The highest BCUT2D eigenvalue weighted by molar-refractivity contribution is 7.92. The van der Waals surface area contributed by atoms with Crippen LogP contribution in [0.15, 0.2) is 30.3 Å². The van der Waals surface area contributed by atoms with E-state index in [2.05, 4.69) is 5.32 Å². The van der Waals surface area contributed by atoms with Crippen LogP contribution in [-0.4, -0.2) is 27.1 Å². The average Bonchev–Trinajstić information content (AvgIpc) is 2.66. The summed E-state index contributed by atoms with van der Waals surface area (Å²) in [5, 5.41) is 3.67. The summed E-state index contributed by atoms with van der Waals surface area (Å²) in [4.78, 5) is 12.9. The molecule has 28 heavy (non-hydrogen) atoms. The number of hydrogen-bond donors (Lipinski definition) is 1. The SMILES string of the molecule is CCc1ccc(Cl)c(CC)c1NC(=O)c1ccc2c(c1)CCCN2S(C)(=O)=O. The largest absolute Gasteiger partial charge is 0.321 e. The number of sulfonamides is 1. The Morgan fingerprint density at radius 2 is 1.93 bits per heavy atom. The van der Waals surface area contributed by atoms with E-state index in [1.165, 1.54) is 10.6 Å². The Morgan fingerprint density at radius 3 is 2.57 bits per heavy atom. The van der Waals surface area contributed by atoms with Gasteiger partial charge in [-0.25, -0.2) is 8.42 Å². The maximum absolute atomic E-state index is 12.9. The van der Waals surface area contributed by atoms with E-state index in [-0.39, 0.29) is 5.91 Å². The molecule has 0 radical (unpaired) electrons. The number of anilines is 2. The van der Waals surface area contributed by atoms with Gasteiger partial charge in [-0.2, -0.15) is 0 Å². The molecule has 5 nitrogen and oxygen atoms in total. The third-order valence-corrected chi connectivity index (χ3v) is 6.67. The molecule has 0 saturated carbocycles. The molecule has 150 valence electrons. The normalized spacial score (nSPS) is 13.9. The van der Waals surface area contributed by atoms with Gasteiger partial charge in [0, 0.05) is 22.8 Å². The molecule has 1 heterocycles.